The smallest absolute Gasteiger partial charge is 0.223 e. The highest BCUT2D eigenvalue weighted by Gasteiger charge is 2.31. The van der Waals surface area contributed by atoms with Crippen molar-refractivity contribution in [3.8, 4) is 0 Å². The Hall–Kier alpha value is -1.43. The molecule has 0 spiro atoms. The first-order chi connectivity index (χ1) is 10.6. The molecule has 1 saturated heterocycles. The number of aromatic nitrogens is 2. The summed E-state index contributed by atoms with van der Waals surface area (Å²) < 4.78 is 5.01. The molecule has 0 N–H and O–H groups in total. The normalized spacial score (nSPS) is 23.3. The van der Waals surface area contributed by atoms with Gasteiger partial charge in [0.1, 0.15) is 0 Å². The quantitative estimate of drug-likeness (QED) is 0.832. The lowest BCUT2D eigenvalue weighted by molar-refractivity contribution is -0.131. The molecule has 1 aliphatic heterocycles. The second-order valence-corrected chi connectivity index (χ2v) is 6.73. The predicted molar refractivity (Wildman–Crippen MR) is 82.1 cm³/mol. The molecule has 1 aromatic rings. The van der Waals surface area contributed by atoms with Crippen LogP contribution in [0.4, 0.5) is 0 Å². The van der Waals surface area contributed by atoms with Gasteiger partial charge in [0.25, 0.3) is 0 Å². The zero-order valence-electron chi connectivity index (χ0n) is 13.6. The van der Waals surface area contributed by atoms with Crippen molar-refractivity contribution in [3.63, 3.8) is 0 Å². The van der Waals surface area contributed by atoms with Crippen molar-refractivity contribution in [1.82, 2.24) is 19.9 Å². The third-order valence-electron chi connectivity index (χ3n) is 4.97. The summed E-state index contributed by atoms with van der Waals surface area (Å²) in [6.07, 6.45) is 6.57. The average Bonchev–Trinajstić information content (AvgIpc) is 3.19. The number of nitrogens with zero attached hydrogens (tertiary/aromatic N) is 4. The Morgan fingerprint density at radius 1 is 1.36 bits per heavy atom. The van der Waals surface area contributed by atoms with Crippen molar-refractivity contribution in [2.45, 2.75) is 58.5 Å². The van der Waals surface area contributed by atoms with Gasteiger partial charge >= 0.3 is 0 Å². The molecule has 0 radical (unpaired) electrons. The predicted octanol–water partition coefficient (Wildman–Crippen LogP) is 1.99. The Bertz CT molecular complexity index is 510. The van der Waals surface area contributed by atoms with Gasteiger partial charge < -0.3 is 14.3 Å². The van der Waals surface area contributed by atoms with Crippen LogP contribution in [0.1, 0.15) is 50.7 Å². The fourth-order valence-electron chi connectivity index (χ4n) is 3.85. The van der Waals surface area contributed by atoms with E-state index in [1.54, 1.807) is 13.8 Å². The molecule has 0 bridgehead atoms. The van der Waals surface area contributed by atoms with Gasteiger partial charge in [0, 0.05) is 39.5 Å². The van der Waals surface area contributed by atoms with Crippen molar-refractivity contribution < 1.29 is 9.32 Å². The third-order valence-corrected chi connectivity index (χ3v) is 4.97. The van der Waals surface area contributed by atoms with E-state index < -0.39 is 0 Å². The molecule has 122 valence electrons. The number of hydrogen-bond donors (Lipinski definition) is 0. The van der Waals surface area contributed by atoms with Gasteiger partial charge in [-0.1, -0.05) is 18.0 Å². The van der Waals surface area contributed by atoms with E-state index in [4.69, 9.17) is 4.52 Å². The first kappa shape index (κ1) is 15.5. The maximum Gasteiger partial charge on any atom is 0.223 e. The number of rotatable bonds is 5. The van der Waals surface area contributed by atoms with E-state index in [2.05, 4.69) is 15.0 Å². The van der Waals surface area contributed by atoms with E-state index in [1.807, 2.05) is 4.90 Å². The van der Waals surface area contributed by atoms with Crippen LogP contribution in [0.5, 0.6) is 0 Å². The van der Waals surface area contributed by atoms with Crippen LogP contribution >= 0.6 is 0 Å². The highest BCUT2D eigenvalue weighted by Crippen LogP contribution is 2.27. The van der Waals surface area contributed by atoms with Gasteiger partial charge in [-0.05, 0) is 25.2 Å². The Labute approximate surface area is 131 Å². The number of likely N-dealkylation sites (tertiary alicyclic amines) is 1. The Balaban J connectivity index is 1.57. The number of carbonyl (C=O) groups excluding carboxylic acids is 1. The maximum atomic E-state index is 12.0. The van der Waals surface area contributed by atoms with Crippen molar-refractivity contribution >= 4 is 5.91 Å². The molecule has 1 aromatic heterocycles. The molecule has 1 amide bonds. The second-order valence-electron chi connectivity index (χ2n) is 6.73. The highest BCUT2D eigenvalue weighted by atomic mass is 16.5. The van der Waals surface area contributed by atoms with Crippen LogP contribution < -0.4 is 0 Å². The van der Waals surface area contributed by atoms with E-state index >= 15 is 0 Å². The lowest BCUT2D eigenvalue weighted by Crippen LogP contribution is -2.41. The summed E-state index contributed by atoms with van der Waals surface area (Å²) in [5, 5.41) is 3.92. The van der Waals surface area contributed by atoms with Crippen molar-refractivity contribution in [2.75, 3.05) is 19.6 Å². The van der Waals surface area contributed by atoms with Gasteiger partial charge in [-0.25, -0.2) is 0 Å². The zero-order chi connectivity index (χ0) is 15.5. The summed E-state index contributed by atoms with van der Waals surface area (Å²) in [5.41, 5.74) is 0. The number of carbonyl (C=O) groups is 1. The monoisotopic (exact) mass is 306 g/mol. The molecule has 1 aliphatic carbocycles. The topological polar surface area (TPSA) is 62.5 Å². The number of amides is 1. The first-order valence-corrected chi connectivity index (χ1v) is 8.40. The van der Waals surface area contributed by atoms with Gasteiger partial charge in [-0.3, -0.25) is 4.79 Å². The van der Waals surface area contributed by atoms with Crippen LogP contribution in [-0.4, -0.2) is 51.5 Å². The fourth-order valence-corrected chi connectivity index (χ4v) is 3.85. The van der Waals surface area contributed by atoms with Crippen LogP contribution in [0.3, 0.4) is 0 Å². The minimum absolute atomic E-state index is 0.0927. The van der Waals surface area contributed by atoms with E-state index in [1.165, 1.54) is 32.2 Å². The summed E-state index contributed by atoms with van der Waals surface area (Å²) in [7, 11) is 0. The SMILES string of the molecule is CC(=O)N(Cc1noc(C)n1)C1CCN(CC2CCCC2)C1. The maximum absolute atomic E-state index is 12.0. The van der Waals surface area contributed by atoms with Gasteiger partial charge in [-0.15, -0.1) is 0 Å². The van der Waals surface area contributed by atoms with E-state index in [-0.39, 0.29) is 11.9 Å². The van der Waals surface area contributed by atoms with E-state index in [0.29, 0.717) is 18.3 Å². The summed E-state index contributed by atoms with van der Waals surface area (Å²) in [6, 6.07) is 0.276. The summed E-state index contributed by atoms with van der Waals surface area (Å²) in [4.78, 5) is 20.7. The fraction of sp³-hybridized carbons (Fsp3) is 0.812. The molecule has 1 unspecified atom stereocenters. The molecule has 22 heavy (non-hydrogen) atoms. The molecular weight excluding hydrogens is 280 g/mol. The van der Waals surface area contributed by atoms with Crippen LogP contribution in [0, 0.1) is 12.8 Å². The van der Waals surface area contributed by atoms with E-state index in [9.17, 15) is 4.79 Å². The van der Waals surface area contributed by atoms with Gasteiger partial charge in [0.15, 0.2) is 5.82 Å². The molecule has 0 aromatic carbocycles. The second kappa shape index (κ2) is 6.77. The molecule has 1 atom stereocenters. The third kappa shape index (κ3) is 3.66. The summed E-state index contributed by atoms with van der Waals surface area (Å²) in [6.45, 7) is 7.13. The van der Waals surface area contributed by atoms with Gasteiger partial charge in [0.05, 0.1) is 6.54 Å². The summed E-state index contributed by atoms with van der Waals surface area (Å²) >= 11 is 0. The van der Waals surface area contributed by atoms with Crippen LogP contribution in [0.15, 0.2) is 4.52 Å². The average molecular weight is 306 g/mol. The minimum Gasteiger partial charge on any atom is -0.340 e. The van der Waals surface area contributed by atoms with Crippen molar-refractivity contribution in [3.05, 3.63) is 11.7 Å². The standard InChI is InChI=1S/C16H26N4O2/c1-12-17-16(18-22-12)11-20(13(2)21)15-7-8-19(10-15)9-14-5-3-4-6-14/h14-15H,3-11H2,1-2H3. The number of hydrogen-bond acceptors (Lipinski definition) is 5. The molecule has 2 aliphatic rings. The van der Waals surface area contributed by atoms with Crippen molar-refractivity contribution in [2.24, 2.45) is 5.92 Å². The summed E-state index contributed by atoms with van der Waals surface area (Å²) in [5.74, 6) is 2.11. The van der Waals surface area contributed by atoms with Gasteiger partial charge in [-0.2, -0.15) is 4.98 Å². The lowest BCUT2D eigenvalue weighted by atomic mass is 10.1. The number of aryl methyl sites for hydroxylation is 1. The molecule has 3 rings (SSSR count). The van der Waals surface area contributed by atoms with E-state index in [0.717, 1.165) is 25.4 Å². The van der Waals surface area contributed by atoms with Gasteiger partial charge in [0.2, 0.25) is 11.8 Å². The van der Waals surface area contributed by atoms with Crippen LogP contribution in [0.2, 0.25) is 0 Å². The Morgan fingerprint density at radius 3 is 2.77 bits per heavy atom. The molecule has 1 saturated carbocycles. The molecule has 6 heteroatoms. The largest absolute Gasteiger partial charge is 0.340 e. The molecular formula is C16H26N4O2. The molecule has 2 heterocycles. The first-order valence-electron chi connectivity index (χ1n) is 8.40. The molecule has 2 fully saturated rings. The van der Waals surface area contributed by atoms with Crippen LogP contribution in [-0.2, 0) is 11.3 Å². The lowest BCUT2D eigenvalue weighted by Gasteiger charge is -2.27. The minimum atomic E-state index is 0.0927. The molecule has 6 nitrogen and oxygen atoms in total. The zero-order valence-corrected chi connectivity index (χ0v) is 13.6. The Kier molecular flexibility index (Phi) is 4.76. The van der Waals surface area contributed by atoms with Crippen molar-refractivity contribution in [1.29, 1.82) is 0 Å². The van der Waals surface area contributed by atoms with Crippen LogP contribution in [0.25, 0.3) is 0 Å². The Morgan fingerprint density at radius 2 is 2.14 bits per heavy atom. The highest BCUT2D eigenvalue weighted by molar-refractivity contribution is 5.73.